The second-order valence-electron chi connectivity index (χ2n) is 5.46. The molecule has 0 aromatic carbocycles. The molecule has 1 aliphatic rings. The fourth-order valence-electron chi connectivity index (χ4n) is 2.45. The summed E-state index contributed by atoms with van der Waals surface area (Å²) in [7, 11) is -3.62. The van der Waals surface area contributed by atoms with Crippen molar-refractivity contribution in [1.82, 2.24) is 9.62 Å². The SMILES string of the molecule is CCCCS(=O)(=O)N1CCCC1C(=O)NC(CC(F)F)C(=O)O. The van der Waals surface area contributed by atoms with Gasteiger partial charge in [-0.05, 0) is 19.3 Å². The van der Waals surface area contributed by atoms with E-state index in [2.05, 4.69) is 0 Å². The first-order valence-electron chi connectivity index (χ1n) is 7.50. The largest absolute Gasteiger partial charge is 0.480 e. The number of hydrogen-bond acceptors (Lipinski definition) is 4. The minimum Gasteiger partial charge on any atom is -0.480 e. The fraction of sp³-hybridized carbons (Fsp3) is 0.846. The molecule has 1 heterocycles. The molecule has 7 nitrogen and oxygen atoms in total. The second kappa shape index (κ2) is 8.53. The normalized spacial score (nSPS) is 20.6. The lowest BCUT2D eigenvalue weighted by Crippen LogP contribution is -2.51. The molecule has 10 heteroatoms. The molecule has 2 N–H and O–H groups in total. The molecule has 1 saturated heterocycles. The van der Waals surface area contributed by atoms with E-state index in [-0.39, 0.29) is 18.7 Å². The summed E-state index contributed by atoms with van der Waals surface area (Å²) >= 11 is 0. The zero-order valence-corrected chi connectivity index (χ0v) is 13.7. The van der Waals surface area contributed by atoms with Gasteiger partial charge in [-0.1, -0.05) is 13.3 Å². The average molecular weight is 356 g/mol. The van der Waals surface area contributed by atoms with Crippen molar-refractivity contribution in [3.05, 3.63) is 0 Å². The van der Waals surface area contributed by atoms with E-state index >= 15 is 0 Å². The number of carboxylic acids is 1. The van der Waals surface area contributed by atoms with Crippen molar-refractivity contribution >= 4 is 21.9 Å². The van der Waals surface area contributed by atoms with Crippen molar-refractivity contribution in [2.24, 2.45) is 0 Å². The number of aliphatic carboxylic acids is 1. The van der Waals surface area contributed by atoms with Crippen molar-refractivity contribution in [2.45, 2.75) is 57.5 Å². The molecule has 0 bridgehead atoms. The van der Waals surface area contributed by atoms with E-state index in [0.717, 1.165) is 4.31 Å². The molecule has 0 aromatic rings. The molecule has 0 radical (unpaired) electrons. The van der Waals surface area contributed by atoms with E-state index in [1.54, 1.807) is 0 Å². The summed E-state index contributed by atoms with van der Waals surface area (Å²) in [5.41, 5.74) is 0. The van der Waals surface area contributed by atoms with Crippen molar-refractivity contribution in [3.63, 3.8) is 0 Å². The van der Waals surface area contributed by atoms with Crippen LogP contribution < -0.4 is 5.32 Å². The first-order valence-corrected chi connectivity index (χ1v) is 9.10. The Hall–Kier alpha value is -1.29. The molecule has 1 aliphatic heterocycles. The Morgan fingerprint density at radius 3 is 2.57 bits per heavy atom. The smallest absolute Gasteiger partial charge is 0.326 e. The minimum atomic E-state index is -3.62. The van der Waals surface area contributed by atoms with Gasteiger partial charge in [-0.25, -0.2) is 22.0 Å². The maximum absolute atomic E-state index is 12.4. The Bertz CT molecular complexity index is 526. The Kier molecular flexibility index (Phi) is 7.33. The van der Waals surface area contributed by atoms with Crippen molar-refractivity contribution in [2.75, 3.05) is 12.3 Å². The highest BCUT2D eigenvalue weighted by Gasteiger charge is 2.39. The topological polar surface area (TPSA) is 104 Å². The Morgan fingerprint density at radius 1 is 1.39 bits per heavy atom. The molecule has 0 spiro atoms. The van der Waals surface area contributed by atoms with Gasteiger partial charge in [0.05, 0.1) is 5.75 Å². The van der Waals surface area contributed by atoms with Crippen LogP contribution in [0.5, 0.6) is 0 Å². The molecule has 0 saturated carbocycles. The van der Waals surface area contributed by atoms with E-state index in [4.69, 9.17) is 5.11 Å². The first-order chi connectivity index (χ1) is 10.7. The number of halogens is 2. The van der Waals surface area contributed by atoms with E-state index in [1.165, 1.54) is 0 Å². The molecule has 1 rings (SSSR count). The average Bonchev–Trinajstić information content (AvgIpc) is 2.94. The number of unbranched alkanes of at least 4 members (excludes halogenated alkanes) is 1. The van der Waals surface area contributed by atoms with Crippen LogP contribution in [0.15, 0.2) is 0 Å². The third kappa shape index (κ3) is 5.69. The van der Waals surface area contributed by atoms with Gasteiger partial charge in [0.25, 0.3) is 0 Å². The number of carbonyl (C=O) groups is 2. The van der Waals surface area contributed by atoms with Gasteiger partial charge in [-0.3, -0.25) is 4.79 Å². The van der Waals surface area contributed by atoms with Gasteiger partial charge in [-0.2, -0.15) is 4.31 Å². The number of nitrogens with zero attached hydrogens (tertiary/aromatic N) is 1. The third-order valence-electron chi connectivity index (χ3n) is 3.65. The Balaban J connectivity index is 2.79. The maximum Gasteiger partial charge on any atom is 0.326 e. The molecule has 134 valence electrons. The van der Waals surface area contributed by atoms with Crippen molar-refractivity contribution in [3.8, 4) is 0 Å². The highest BCUT2D eigenvalue weighted by Crippen LogP contribution is 2.22. The van der Waals surface area contributed by atoms with Gasteiger partial charge in [0.2, 0.25) is 22.4 Å². The highest BCUT2D eigenvalue weighted by atomic mass is 32.2. The highest BCUT2D eigenvalue weighted by molar-refractivity contribution is 7.89. The Labute approximate surface area is 134 Å². The van der Waals surface area contributed by atoms with Crippen LogP contribution in [0.1, 0.15) is 39.0 Å². The van der Waals surface area contributed by atoms with Gasteiger partial charge < -0.3 is 10.4 Å². The fourth-order valence-corrected chi connectivity index (χ4v) is 4.33. The van der Waals surface area contributed by atoms with Gasteiger partial charge in [-0.15, -0.1) is 0 Å². The summed E-state index contributed by atoms with van der Waals surface area (Å²) < 4.78 is 50.2. The molecule has 2 atom stereocenters. The van der Waals surface area contributed by atoms with Gasteiger partial charge in [0.1, 0.15) is 12.1 Å². The number of amides is 1. The monoisotopic (exact) mass is 356 g/mol. The number of hydrogen-bond donors (Lipinski definition) is 2. The molecule has 0 aliphatic carbocycles. The van der Waals surface area contributed by atoms with Crippen LogP contribution in [0.25, 0.3) is 0 Å². The van der Waals surface area contributed by atoms with Crippen LogP contribution in [0, 0.1) is 0 Å². The number of rotatable bonds is 9. The number of carboxylic acid groups (broad SMARTS) is 1. The zero-order valence-electron chi connectivity index (χ0n) is 12.9. The predicted molar refractivity (Wildman–Crippen MR) is 78.6 cm³/mol. The van der Waals surface area contributed by atoms with Crippen LogP contribution in [0.4, 0.5) is 8.78 Å². The summed E-state index contributed by atoms with van der Waals surface area (Å²) in [6.07, 6.45) is -2.05. The summed E-state index contributed by atoms with van der Waals surface area (Å²) in [5.74, 6) is -2.50. The number of sulfonamides is 1. The zero-order chi connectivity index (χ0) is 17.6. The minimum absolute atomic E-state index is 0.0906. The summed E-state index contributed by atoms with van der Waals surface area (Å²) in [5, 5.41) is 10.9. The van der Waals surface area contributed by atoms with Gasteiger partial charge in [0.15, 0.2) is 0 Å². The maximum atomic E-state index is 12.4. The molecular formula is C13H22F2N2O5S. The summed E-state index contributed by atoms with van der Waals surface area (Å²) in [4.78, 5) is 23.1. The van der Waals surface area contributed by atoms with Crippen LogP contribution in [-0.2, 0) is 19.6 Å². The third-order valence-corrected chi connectivity index (χ3v) is 5.60. The van der Waals surface area contributed by atoms with E-state index in [1.807, 2.05) is 12.2 Å². The lowest BCUT2D eigenvalue weighted by molar-refractivity contribution is -0.143. The van der Waals surface area contributed by atoms with Crippen molar-refractivity contribution < 1.29 is 31.9 Å². The van der Waals surface area contributed by atoms with Crippen LogP contribution >= 0.6 is 0 Å². The number of carbonyl (C=O) groups excluding carboxylic acids is 1. The first kappa shape index (κ1) is 19.8. The summed E-state index contributed by atoms with van der Waals surface area (Å²) in [6.45, 7) is 2.02. The quantitative estimate of drug-likeness (QED) is 0.636. The second-order valence-corrected chi connectivity index (χ2v) is 7.51. The predicted octanol–water partition coefficient (Wildman–Crippen LogP) is 0.805. The molecule has 2 unspecified atom stereocenters. The van der Waals surface area contributed by atoms with E-state index in [9.17, 15) is 26.8 Å². The summed E-state index contributed by atoms with van der Waals surface area (Å²) in [6, 6.07) is -2.76. The van der Waals surface area contributed by atoms with E-state index in [0.29, 0.717) is 19.3 Å². The van der Waals surface area contributed by atoms with Crippen LogP contribution in [-0.4, -0.2) is 60.5 Å². The standard InChI is InChI=1S/C13H22F2N2O5S/c1-2-3-7-23(21,22)17-6-4-5-10(17)12(18)16-9(13(19)20)8-11(14)15/h9-11H,2-8H2,1H3,(H,16,18)(H,19,20). The van der Waals surface area contributed by atoms with Crippen LogP contribution in [0.3, 0.4) is 0 Å². The van der Waals surface area contributed by atoms with Crippen LogP contribution in [0.2, 0.25) is 0 Å². The van der Waals surface area contributed by atoms with Crippen molar-refractivity contribution in [1.29, 1.82) is 0 Å². The lowest BCUT2D eigenvalue weighted by Gasteiger charge is -2.24. The molecule has 23 heavy (non-hydrogen) atoms. The van der Waals surface area contributed by atoms with Gasteiger partial charge in [0, 0.05) is 13.0 Å². The number of alkyl halides is 2. The molecule has 1 amide bonds. The lowest BCUT2D eigenvalue weighted by atomic mass is 10.1. The molecule has 0 aromatic heterocycles. The van der Waals surface area contributed by atoms with Gasteiger partial charge >= 0.3 is 5.97 Å². The molecule has 1 fully saturated rings. The molecular weight excluding hydrogens is 334 g/mol. The Morgan fingerprint density at radius 2 is 2.04 bits per heavy atom. The van der Waals surface area contributed by atoms with E-state index < -0.39 is 46.8 Å². The number of nitrogens with one attached hydrogen (secondary N) is 1.